The third-order valence-electron chi connectivity index (χ3n) is 3.89. The number of ether oxygens (including phenoxy) is 1. The summed E-state index contributed by atoms with van der Waals surface area (Å²) in [4.78, 5) is 22.8. The van der Waals surface area contributed by atoms with Crippen LogP contribution in [0, 0.1) is 11.3 Å². The van der Waals surface area contributed by atoms with Crippen molar-refractivity contribution in [1.29, 1.82) is 5.26 Å². The average molecular weight is 337 g/mol. The van der Waals surface area contributed by atoms with Gasteiger partial charge in [0.15, 0.2) is 0 Å². The fourth-order valence-electron chi connectivity index (χ4n) is 2.81. The number of pyridine rings is 2. The Morgan fingerprint density at radius 1 is 1.20 bits per heavy atom. The quantitative estimate of drug-likeness (QED) is 0.923. The first-order valence-electron chi connectivity index (χ1n) is 8.09. The minimum Gasteiger partial charge on any atom is -0.372 e. The Kier molecular flexibility index (Phi) is 4.91. The predicted molar refractivity (Wildman–Crippen MR) is 93.4 cm³/mol. The van der Waals surface area contributed by atoms with Gasteiger partial charge in [-0.25, -0.2) is 9.97 Å². The molecule has 3 rings (SSSR count). The number of amides is 1. The smallest absolute Gasteiger partial charge is 0.257 e. The molecule has 7 nitrogen and oxygen atoms in total. The summed E-state index contributed by atoms with van der Waals surface area (Å²) in [7, 11) is 0. The highest BCUT2D eigenvalue weighted by atomic mass is 16.5. The number of anilines is 2. The van der Waals surface area contributed by atoms with Gasteiger partial charge in [-0.3, -0.25) is 4.79 Å². The summed E-state index contributed by atoms with van der Waals surface area (Å²) in [6, 6.07) is 8.72. The number of hydrogen-bond acceptors (Lipinski definition) is 6. The molecule has 2 atom stereocenters. The number of nitrogens with one attached hydrogen (secondary N) is 1. The molecule has 25 heavy (non-hydrogen) atoms. The van der Waals surface area contributed by atoms with Crippen molar-refractivity contribution in [3.63, 3.8) is 0 Å². The molecule has 0 aliphatic carbocycles. The van der Waals surface area contributed by atoms with Crippen molar-refractivity contribution in [3.05, 3.63) is 47.9 Å². The van der Waals surface area contributed by atoms with E-state index in [9.17, 15) is 4.79 Å². The zero-order valence-electron chi connectivity index (χ0n) is 14.1. The van der Waals surface area contributed by atoms with Crippen LogP contribution in [0.5, 0.6) is 0 Å². The number of carbonyl (C=O) groups excluding carboxylic acids is 1. The Hall–Kier alpha value is -2.98. The normalized spacial score (nSPS) is 20.0. The van der Waals surface area contributed by atoms with Gasteiger partial charge in [-0.1, -0.05) is 0 Å². The molecular formula is C18H19N5O2. The van der Waals surface area contributed by atoms with E-state index < -0.39 is 0 Å². The van der Waals surface area contributed by atoms with Crippen molar-refractivity contribution in [2.75, 3.05) is 23.3 Å². The maximum Gasteiger partial charge on any atom is 0.257 e. The second-order valence-electron chi connectivity index (χ2n) is 6.07. The Morgan fingerprint density at radius 3 is 2.52 bits per heavy atom. The van der Waals surface area contributed by atoms with Crippen LogP contribution in [0.2, 0.25) is 0 Å². The lowest BCUT2D eigenvalue weighted by molar-refractivity contribution is -0.00546. The van der Waals surface area contributed by atoms with Crippen molar-refractivity contribution >= 4 is 17.4 Å². The highest BCUT2D eigenvalue weighted by molar-refractivity contribution is 6.04. The van der Waals surface area contributed by atoms with E-state index >= 15 is 0 Å². The molecule has 128 valence electrons. The van der Waals surface area contributed by atoms with E-state index in [1.54, 1.807) is 24.4 Å². The van der Waals surface area contributed by atoms with E-state index in [0.717, 1.165) is 18.9 Å². The molecule has 1 aliphatic heterocycles. The van der Waals surface area contributed by atoms with Crippen LogP contribution in [0.1, 0.15) is 29.9 Å². The minimum absolute atomic E-state index is 0.150. The second kappa shape index (κ2) is 7.28. The molecule has 1 aliphatic rings. The second-order valence-corrected chi connectivity index (χ2v) is 6.07. The first-order chi connectivity index (χ1) is 12.0. The van der Waals surface area contributed by atoms with Crippen LogP contribution in [0.4, 0.5) is 11.5 Å². The first kappa shape index (κ1) is 16.9. The molecule has 1 N–H and O–H groups in total. The van der Waals surface area contributed by atoms with Crippen LogP contribution in [-0.2, 0) is 4.74 Å². The summed E-state index contributed by atoms with van der Waals surface area (Å²) in [6.45, 7) is 5.63. The lowest BCUT2D eigenvalue weighted by atomic mass is 10.2. The van der Waals surface area contributed by atoms with Crippen LogP contribution in [-0.4, -0.2) is 41.2 Å². The molecule has 3 heterocycles. The number of rotatable bonds is 3. The van der Waals surface area contributed by atoms with E-state index in [1.807, 2.05) is 26.0 Å². The Balaban J connectivity index is 1.67. The van der Waals surface area contributed by atoms with E-state index in [1.165, 1.54) is 6.20 Å². The molecule has 7 heteroatoms. The third-order valence-corrected chi connectivity index (χ3v) is 3.89. The summed E-state index contributed by atoms with van der Waals surface area (Å²) in [5.41, 5.74) is 1.30. The standard InChI is InChI=1S/C18H19N5O2/c1-12-10-23(11-13(2)25-12)17-6-3-14(8-21-17)18(24)22-16-5-4-15(7-19)20-9-16/h3-6,8-9,12-13H,10-11H2,1-2H3,(H,22,24). The van der Waals surface area contributed by atoms with Crippen LogP contribution < -0.4 is 10.2 Å². The number of morpholine rings is 1. The summed E-state index contributed by atoms with van der Waals surface area (Å²) < 4.78 is 5.72. The van der Waals surface area contributed by atoms with Crippen molar-refractivity contribution in [2.45, 2.75) is 26.1 Å². The lowest BCUT2D eigenvalue weighted by Gasteiger charge is -2.36. The van der Waals surface area contributed by atoms with Gasteiger partial charge in [0, 0.05) is 19.3 Å². The molecule has 0 radical (unpaired) electrons. The van der Waals surface area contributed by atoms with Crippen molar-refractivity contribution in [1.82, 2.24) is 9.97 Å². The van der Waals surface area contributed by atoms with Gasteiger partial charge in [0.25, 0.3) is 5.91 Å². The van der Waals surface area contributed by atoms with Crippen LogP contribution >= 0.6 is 0 Å². The summed E-state index contributed by atoms with van der Waals surface area (Å²) in [6.07, 6.45) is 3.32. The van der Waals surface area contributed by atoms with E-state index in [2.05, 4.69) is 20.2 Å². The summed E-state index contributed by atoms with van der Waals surface area (Å²) in [5.74, 6) is 0.563. The van der Waals surface area contributed by atoms with Crippen molar-refractivity contribution in [3.8, 4) is 6.07 Å². The largest absolute Gasteiger partial charge is 0.372 e. The molecule has 0 saturated carbocycles. The van der Waals surface area contributed by atoms with Gasteiger partial charge >= 0.3 is 0 Å². The highest BCUT2D eigenvalue weighted by Crippen LogP contribution is 2.18. The van der Waals surface area contributed by atoms with Crippen LogP contribution in [0.25, 0.3) is 0 Å². The summed E-state index contributed by atoms with van der Waals surface area (Å²) in [5, 5.41) is 11.5. The third kappa shape index (κ3) is 4.11. The number of carbonyl (C=O) groups is 1. The fraction of sp³-hybridized carbons (Fsp3) is 0.333. The van der Waals surface area contributed by atoms with Crippen molar-refractivity contribution in [2.24, 2.45) is 0 Å². The van der Waals surface area contributed by atoms with Gasteiger partial charge in [0.1, 0.15) is 17.6 Å². The average Bonchev–Trinajstić information content (AvgIpc) is 2.61. The number of nitriles is 1. The first-order valence-corrected chi connectivity index (χ1v) is 8.09. The molecule has 0 spiro atoms. The molecule has 1 saturated heterocycles. The van der Waals surface area contributed by atoms with Crippen LogP contribution in [0.15, 0.2) is 36.7 Å². The lowest BCUT2D eigenvalue weighted by Crippen LogP contribution is -2.45. The number of aromatic nitrogens is 2. The monoisotopic (exact) mass is 337 g/mol. The zero-order valence-corrected chi connectivity index (χ0v) is 14.1. The van der Waals surface area contributed by atoms with Gasteiger partial charge in [-0.05, 0) is 38.1 Å². The maximum absolute atomic E-state index is 12.3. The highest BCUT2D eigenvalue weighted by Gasteiger charge is 2.23. The fourth-order valence-corrected chi connectivity index (χ4v) is 2.81. The maximum atomic E-state index is 12.3. The van der Waals surface area contributed by atoms with Crippen molar-refractivity contribution < 1.29 is 9.53 Å². The molecule has 0 aromatic carbocycles. The summed E-state index contributed by atoms with van der Waals surface area (Å²) >= 11 is 0. The Morgan fingerprint density at radius 2 is 1.96 bits per heavy atom. The van der Waals surface area contributed by atoms with Gasteiger partial charge in [0.2, 0.25) is 0 Å². The molecule has 2 unspecified atom stereocenters. The van der Waals surface area contributed by atoms with Gasteiger partial charge in [-0.2, -0.15) is 5.26 Å². The number of nitrogens with zero attached hydrogens (tertiary/aromatic N) is 4. The van der Waals surface area contributed by atoms with Crippen LogP contribution in [0.3, 0.4) is 0 Å². The SMILES string of the molecule is CC1CN(c2ccc(C(=O)Nc3ccc(C#N)nc3)cn2)CC(C)O1. The van der Waals surface area contributed by atoms with E-state index in [0.29, 0.717) is 16.9 Å². The molecular weight excluding hydrogens is 318 g/mol. The molecule has 1 amide bonds. The minimum atomic E-state index is -0.269. The molecule has 2 aromatic rings. The Labute approximate surface area is 146 Å². The molecule has 0 bridgehead atoms. The number of hydrogen-bond donors (Lipinski definition) is 1. The zero-order chi connectivity index (χ0) is 17.8. The van der Waals surface area contributed by atoms with E-state index in [4.69, 9.17) is 10.00 Å². The molecule has 2 aromatic heterocycles. The predicted octanol–water partition coefficient (Wildman–Crippen LogP) is 2.21. The van der Waals surface area contributed by atoms with Gasteiger partial charge in [-0.15, -0.1) is 0 Å². The topological polar surface area (TPSA) is 91.1 Å². The van der Waals surface area contributed by atoms with Gasteiger partial charge in [0.05, 0.1) is 29.7 Å². The van der Waals surface area contributed by atoms with E-state index in [-0.39, 0.29) is 18.1 Å². The Bertz CT molecular complexity index is 773. The van der Waals surface area contributed by atoms with Gasteiger partial charge < -0.3 is 15.0 Å². The molecule has 1 fully saturated rings.